The van der Waals surface area contributed by atoms with Crippen LogP contribution in [0.2, 0.25) is 0 Å². The lowest BCUT2D eigenvalue weighted by Gasteiger charge is -2.23. The van der Waals surface area contributed by atoms with E-state index in [2.05, 4.69) is 33.3 Å². The third-order valence-electron chi connectivity index (χ3n) is 2.70. The summed E-state index contributed by atoms with van der Waals surface area (Å²) in [6.45, 7) is 4.86. The summed E-state index contributed by atoms with van der Waals surface area (Å²) in [7, 11) is -0.317. The zero-order valence-corrected chi connectivity index (χ0v) is 15.7. The summed E-state index contributed by atoms with van der Waals surface area (Å²) >= 11 is 1.91. The van der Waals surface area contributed by atoms with E-state index in [0.29, 0.717) is 23.2 Å². The zero-order valence-electron chi connectivity index (χ0n) is 13.2. The summed E-state index contributed by atoms with van der Waals surface area (Å²) < 4.78 is 5.45. The van der Waals surface area contributed by atoms with Crippen LogP contribution in [0, 0.1) is 6.92 Å². The van der Waals surface area contributed by atoms with Gasteiger partial charge in [0.05, 0.1) is 17.7 Å². The maximum absolute atomic E-state index is 5.53. The van der Waals surface area contributed by atoms with Gasteiger partial charge in [0, 0.05) is 13.6 Å². The summed E-state index contributed by atoms with van der Waals surface area (Å²) in [6.07, 6.45) is 6.25. The van der Waals surface area contributed by atoms with E-state index in [1.807, 2.05) is 18.9 Å². The Bertz CT molecular complexity index is 509. The first-order valence-electron chi connectivity index (χ1n) is 6.75. The van der Waals surface area contributed by atoms with Crippen LogP contribution in [0.25, 0.3) is 0 Å². The number of nitrogens with zero attached hydrogens (tertiary/aromatic N) is 4. The molecule has 1 aromatic heterocycles. The van der Waals surface area contributed by atoms with E-state index >= 15 is 0 Å². The fraction of sp³-hybridized carbons (Fsp3) is 0.636. The van der Waals surface area contributed by atoms with Crippen LogP contribution in [0.1, 0.15) is 25.6 Å². The van der Waals surface area contributed by atoms with Gasteiger partial charge in [-0.15, -0.1) is 0 Å². The van der Waals surface area contributed by atoms with Crippen molar-refractivity contribution in [2.45, 2.75) is 26.7 Å². The molecule has 1 aromatic rings. The number of rotatable bonds is 10. The third kappa shape index (κ3) is 6.31. The van der Waals surface area contributed by atoms with Gasteiger partial charge in [0.2, 0.25) is 11.9 Å². The largest absolute Gasteiger partial charge is 0.344 e. The predicted molar refractivity (Wildman–Crippen MR) is 99.9 cm³/mol. The quantitative estimate of drug-likeness (QED) is 0.324. The SMILES string of the molecule is C=P(CSN)(Nc1nc(C)nc(N(C)CCCC)n1)OSN. The molecule has 0 aliphatic carbocycles. The molecule has 0 saturated heterocycles. The summed E-state index contributed by atoms with van der Waals surface area (Å²) in [5.41, 5.74) is 0.489. The van der Waals surface area contributed by atoms with Gasteiger partial charge >= 0.3 is 0 Å². The number of aryl methyl sites for hydroxylation is 1. The van der Waals surface area contributed by atoms with Crippen LogP contribution in [-0.2, 0) is 3.97 Å². The molecule has 0 saturated carbocycles. The lowest BCUT2D eigenvalue weighted by Crippen LogP contribution is -2.22. The first-order chi connectivity index (χ1) is 10.4. The fourth-order valence-electron chi connectivity index (χ4n) is 1.64. The monoisotopic (exact) mass is 365 g/mol. The van der Waals surface area contributed by atoms with Gasteiger partial charge in [-0.2, -0.15) is 15.0 Å². The summed E-state index contributed by atoms with van der Waals surface area (Å²) in [4.78, 5) is 15.1. The number of anilines is 2. The molecule has 1 rings (SSSR count). The molecule has 0 aromatic carbocycles. The molecule has 0 bridgehead atoms. The smallest absolute Gasteiger partial charge is 0.232 e. The Morgan fingerprint density at radius 3 is 2.68 bits per heavy atom. The summed E-state index contributed by atoms with van der Waals surface area (Å²) in [6, 6.07) is 0. The normalized spacial score (nSPS) is 13.7. The maximum atomic E-state index is 5.53. The zero-order chi connectivity index (χ0) is 16.6. The number of hydrogen-bond acceptors (Lipinski definition) is 10. The number of unbranched alkanes of at least 4 members (excludes halogenated alkanes) is 1. The molecule has 8 nitrogen and oxygen atoms in total. The van der Waals surface area contributed by atoms with Crippen LogP contribution < -0.4 is 20.3 Å². The van der Waals surface area contributed by atoms with Crippen LogP contribution in [0.4, 0.5) is 11.9 Å². The van der Waals surface area contributed by atoms with Crippen LogP contribution in [0.5, 0.6) is 0 Å². The lowest BCUT2D eigenvalue weighted by molar-refractivity contribution is 0.723. The van der Waals surface area contributed by atoms with Gasteiger partial charge in [0.15, 0.2) is 0 Å². The van der Waals surface area contributed by atoms with Crippen molar-refractivity contribution in [3.05, 3.63) is 5.82 Å². The maximum Gasteiger partial charge on any atom is 0.232 e. The van der Waals surface area contributed by atoms with Gasteiger partial charge in [-0.1, -0.05) is 31.6 Å². The fourth-order valence-corrected chi connectivity index (χ4v) is 4.69. The molecule has 1 unspecified atom stereocenters. The molecule has 0 spiro atoms. The highest BCUT2D eigenvalue weighted by Crippen LogP contribution is 2.49. The van der Waals surface area contributed by atoms with E-state index in [9.17, 15) is 0 Å². The molecule has 0 radical (unpaired) electrons. The standard InChI is InChI=1S/C11H24N7OPS2/c1-5-6-7-18(3)11-15-9(2)14-10(16-11)17-20(4,8-21-12)19-22-13/h4-8,12-13H2,1-3H3,(H,14,15,16,17). The van der Waals surface area contributed by atoms with E-state index in [1.165, 1.54) is 0 Å². The van der Waals surface area contributed by atoms with E-state index in [-0.39, 0.29) is 0 Å². The van der Waals surface area contributed by atoms with E-state index < -0.39 is 7.26 Å². The van der Waals surface area contributed by atoms with Crippen molar-refractivity contribution >= 4 is 49.6 Å². The minimum Gasteiger partial charge on any atom is -0.344 e. The minimum atomic E-state index is -2.28. The van der Waals surface area contributed by atoms with Gasteiger partial charge in [0.1, 0.15) is 13.1 Å². The van der Waals surface area contributed by atoms with Crippen molar-refractivity contribution in [3.63, 3.8) is 0 Å². The van der Waals surface area contributed by atoms with Gasteiger partial charge < -0.3 is 9.99 Å². The number of nitrogens with two attached hydrogens (primary N) is 2. The summed E-state index contributed by atoms with van der Waals surface area (Å²) in [5.74, 6) is 1.68. The Labute approximate surface area is 140 Å². The average Bonchev–Trinajstić information content (AvgIpc) is 2.44. The third-order valence-corrected chi connectivity index (χ3v) is 7.05. The van der Waals surface area contributed by atoms with E-state index in [0.717, 1.165) is 43.6 Å². The van der Waals surface area contributed by atoms with E-state index in [1.54, 1.807) is 0 Å². The molecular weight excluding hydrogens is 341 g/mol. The highest BCUT2D eigenvalue weighted by molar-refractivity contribution is 8.07. The Kier molecular flexibility index (Phi) is 8.52. The molecule has 1 atom stereocenters. The lowest BCUT2D eigenvalue weighted by atomic mass is 10.3. The molecule has 11 heteroatoms. The van der Waals surface area contributed by atoms with Gasteiger partial charge in [0.25, 0.3) is 0 Å². The van der Waals surface area contributed by atoms with Crippen LogP contribution >= 0.6 is 31.4 Å². The first-order valence-corrected chi connectivity index (χ1v) is 10.7. The first kappa shape index (κ1) is 19.5. The molecule has 0 amide bonds. The van der Waals surface area contributed by atoms with Crippen molar-refractivity contribution in [2.75, 3.05) is 29.1 Å². The highest BCUT2D eigenvalue weighted by Gasteiger charge is 2.18. The second-order valence-corrected chi connectivity index (χ2v) is 8.91. The Morgan fingerprint density at radius 1 is 1.36 bits per heavy atom. The molecule has 5 N–H and O–H groups in total. The Hall–Kier alpha value is -0.510. The summed E-state index contributed by atoms with van der Waals surface area (Å²) in [5, 5.41) is 14.1. The van der Waals surface area contributed by atoms with Crippen molar-refractivity contribution < 1.29 is 3.97 Å². The van der Waals surface area contributed by atoms with Crippen LogP contribution in [-0.4, -0.2) is 40.3 Å². The van der Waals surface area contributed by atoms with Crippen molar-refractivity contribution in [2.24, 2.45) is 10.3 Å². The molecule has 126 valence electrons. The van der Waals surface area contributed by atoms with Gasteiger partial charge in [-0.3, -0.25) is 14.2 Å². The molecule has 22 heavy (non-hydrogen) atoms. The number of nitrogens with one attached hydrogen (secondary N) is 1. The van der Waals surface area contributed by atoms with Crippen molar-refractivity contribution in [1.82, 2.24) is 15.0 Å². The predicted octanol–water partition coefficient (Wildman–Crippen LogP) is 2.21. The Balaban J connectivity index is 2.94. The van der Waals surface area contributed by atoms with Crippen molar-refractivity contribution in [3.8, 4) is 0 Å². The minimum absolute atomic E-state index is 0.428. The van der Waals surface area contributed by atoms with Crippen LogP contribution in [0.15, 0.2) is 0 Å². The topological polar surface area (TPSA) is 115 Å². The molecule has 1 heterocycles. The molecular formula is C11H24N7OPS2. The second-order valence-electron chi connectivity index (χ2n) is 4.75. The highest BCUT2D eigenvalue weighted by atomic mass is 32.2. The Morgan fingerprint density at radius 2 is 2.09 bits per heavy atom. The number of aromatic nitrogens is 3. The molecule has 0 fully saturated rings. The van der Waals surface area contributed by atoms with E-state index in [4.69, 9.17) is 14.2 Å². The second kappa shape index (κ2) is 9.59. The van der Waals surface area contributed by atoms with Crippen molar-refractivity contribution in [1.29, 1.82) is 0 Å². The molecule has 0 aliphatic rings. The molecule has 0 aliphatic heterocycles. The van der Waals surface area contributed by atoms with Gasteiger partial charge in [-0.05, 0) is 13.3 Å². The van der Waals surface area contributed by atoms with Crippen LogP contribution in [0.3, 0.4) is 0 Å². The average molecular weight is 365 g/mol. The number of hydrogen-bond donors (Lipinski definition) is 3. The van der Waals surface area contributed by atoms with Gasteiger partial charge in [-0.25, -0.2) is 0 Å².